The van der Waals surface area contributed by atoms with Gasteiger partial charge in [0.25, 0.3) is 0 Å². The minimum atomic E-state index is -4.54. The lowest BCUT2D eigenvalue weighted by molar-refractivity contribution is -0.137. The highest BCUT2D eigenvalue weighted by atomic mass is 19.4. The maximum Gasteiger partial charge on any atom is 0.416 e. The van der Waals surface area contributed by atoms with Crippen LogP contribution in [-0.4, -0.2) is 58.5 Å². The smallest absolute Gasteiger partial charge is 0.416 e. The monoisotopic (exact) mass is 411 g/mol. The Hall–Kier alpha value is -2.36. The number of β-amino-alcohol motifs (C(OH)–C–C–N with tert-alkyl or cyclic N) is 1. The molecule has 1 aliphatic heterocycles. The van der Waals surface area contributed by atoms with Gasteiger partial charge in [-0.05, 0) is 48.7 Å². The number of aliphatic hydroxyl groups excluding tert-OH is 2. The molecular formula is C20H24F3N3O3. The number of rotatable bonds is 6. The summed E-state index contributed by atoms with van der Waals surface area (Å²) >= 11 is 0. The van der Waals surface area contributed by atoms with Crippen molar-refractivity contribution in [3.05, 3.63) is 42.1 Å². The molecule has 158 valence electrons. The average Bonchev–Trinajstić information content (AvgIpc) is 2.68. The fourth-order valence-corrected chi connectivity index (χ4v) is 3.23. The molecule has 1 aromatic carbocycles. The minimum Gasteiger partial charge on any atom is -0.491 e. The molecule has 1 saturated heterocycles. The number of ether oxygens (including phenoxy) is 1. The molecule has 1 fully saturated rings. The van der Waals surface area contributed by atoms with Crippen LogP contribution in [0.3, 0.4) is 0 Å². The van der Waals surface area contributed by atoms with Crippen molar-refractivity contribution < 1.29 is 28.1 Å². The first-order valence-corrected chi connectivity index (χ1v) is 9.36. The Bertz CT molecular complexity index is 807. The van der Waals surface area contributed by atoms with Crippen LogP contribution in [0.2, 0.25) is 0 Å². The number of benzene rings is 1. The number of nitrogen functional groups attached to an aromatic ring is 1. The van der Waals surface area contributed by atoms with Crippen molar-refractivity contribution in [3.63, 3.8) is 0 Å². The highest BCUT2D eigenvalue weighted by Gasteiger charge is 2.31. The molecule has 0 spiro atoms. The number of halogens is 3. The number of piperidine rings is 1. The molecule has 1 aromatic heterocycles. The van der Waals surface area contributed by atoms with E-state index in [4.69, 9.17) is 10.5 Å². The standard InChI is InChI=1S/C20H24F3N3O3/c21-20(22,23)15-7-14(13-1-2-19(24)25-10-13)8-18(9-15)29-12-17(28)11-26-5-3-16(27)4-6-26/h1-2,7-10,16-17,27-28H,3-6,11-12H2,(H2,24,25). The quantitative estimate of drug-likeness (QED) is 0.677. The van der Waals surface area contributed by atoms with Crippen LogP contribution in [0.25, 0.3) is 11.1 Å². The van der Waals surface area contributed by atoms with Crippen LogP contribution in [0.15, 0.2) is 36.5 Å². The number of hydrogen-bond donors (Lipinski definition) is 3. The molecule has 0 aliphatic carbocycles. The van der Waals surface area contributed by atoms with Gasteiger partial charge in [-0.15, -0.1) is 0 Å². The maximum absolute atomic E-state index is 13.3. The van der Waals surface area contributed by atoms with Crippen molar-refractivity contribution in [1.82, 2.24) is 9.88 Å². The predicted octanol–water partition coefficient (Wildman–Crippen LogP) is 2.55. The zero-order valence-corrected chi connectivity index (χ0v) is 15.8. The van der Waals surface area contributed by atoms with Gasteiger partial charge in [0.05, 0.1) is 11.7 Å². The third kappa shape index (κ3) is 6.06. The van der Waals surface area contributed by atoms with E-state index < -0.39 is 17.8 Å². The van der Waals surface area contributed by atoms with Crippen LogP contribution < -0.4 is 10.5 Å². The molecule has 6 nitrogen and oxygen atoms in total. The first kappa shape index (κ1) is 21.4. The molecule has 0 amide bonds. The van der Waals surface area contributed by atoms with E-state index in [1.807, 2.05) is 4.90 Å². The first-order valence-electron chi connectivity index (χ1n) is 9.36. The molecule has 3 rings (SSSR count). The van der Waals surface area contributed by atoms with Crippen LogP contribution >= 0.6 is 0 Å². The number of likely N-dealkylation sites (tertiary alicyclic amines) is 1. The molecule has 1 aliphatic rings. The lowest BCUT2D eigenvalue weighted by Crippen LogP contribution is -2.41. The molecule has 29 heavy (non-hydrogen) atoms. The molecule has 4 N–H and O–H groups in total. The van der Waals surface area contributed by atoms with E-state index in [9.17, 15) is 23.4 Å². The Labute approximate surface area is 166 Å². The molecule has 2 heterocycles. The van der Waals surface area contributed by atoms with Gasteiger partial charge in [-0.25, -0.2) is 4.98 Å². The molecular weight excluding hydrogens is 387 g/mol. The summed E-state index contributed by atoms with van der Waals surface area (Å²) in [5, 5.41) is 19.7. The maximum atomic E-state index is 13.3. The number of aromatic nitrogens is 1. The number of alkyl halides is 3. The molecule has 0 saturated carbocycles. The van der Waals surface area contributed by atoms with Gasteiger partial charge < -0.3 is 25.6 Å². The largest absolute Gasteiger partial charge is 0.491 e. The number of pyridine rings is 1. The van der Waals surface area contributed by atoms with E-state index >= 15 is 0 Å². The Morgan fingerprint density at radius 3 is 2.52 bits per heavy atom. The Kier molecular flexibility index (Phi) is 6.61. The van der Waals surface area contributed by atoms with Crippen molar-refractivity contribution >= 4 is 5.82 Å². The van der Waals surface area contributed by atoms with Gasteiger partial charge in [0, 0.05) is 31.4 Å². The van der Waals surface area contributed by atoms with Gasteiger partial charge in [0.1, 0.15) is 24.3 Å². The third-order valence-corrected chi connectivity index (χ3v) is 4.82. The van der Waals surface area contributed by atoms with Crippen LogP contribution in [0.5, 0.6) is 5.75 Å². The van der Waals surface area contributed by atoms with Crippen LogP contribution in [-0.2, 0) is 6.18 Å². The molecule has 1 atom stereocenters. The predicted molar refractivity (Wildman–Crippen MR) is 102 cm³/mol. The summed E-state index contributed by atoms with van der Waals surface area (Å²) in [7, 11) is 0. The van der Waals surface area contributed by atoms with Crippen LogP contribution in [0, 0.1) is 0 Å². The zero-order valence-electron chi connectivity index (χ0n) is 15.8. The van der Waals surface area contributed by atoms with Gasteiger partial charge in [-0.2, -0.15) is 13.2 Å². The molecule has 2 aromatic rings. The van der Waals surface area contributed by atoms with Crippen LogP contribution in [0.4, 0.5) is 19.0 Å². The third-order valence-electron chi connectivity index (χ3n) is 4.82. The second-order valence-corrected chi connectivity index (χ2v) is 7.21. The van der Waals surface area contributed by atoms with Crippen molar-refractivity contribution in [2.75, 3.05) is 32.0 Å². The SMILES string of the molecule is Nc1ccc(-c2cc(OCC(O)CN3CCC(O)CC3)cc(C(F)(F)F)c2)cn1. The lowest BCUT2D eigenvalue weighted by atomic mass is 10.0. The number of hydrogen-bond acceptors (Lipinski definition) is 6. The second kappa shape index (κ2) is 8.98. The summed E-state index contributed by atoms with van der Waals surface area (Å²) in [6.45, 7) is 1.52. The van der Waals surface area contributed by atoms with E-state index in [0.29, 0.717) is 43.6 Å². The number of aliphatic hydroxyl groups is 2. The summed E-state index contributed by atoms with van der Waals surface area (Å²) in [6.07, 6.45) is -3.04. The summed E-state index contributed by atoms with van der Waals surface area (Å²) in [4.78, 5) is 5.91. The summed E-state index contributed by atoms with van der Waals surface area (Å²) < 4.78 is 45.4. The number of nitrogens with two attached hydrogens (primary N) is 1. The summed E-state index contributed by atoms with van der Waals surface area (Å²) in [6, 6.07) is 6.51. The number of anilines is 1. The topological polar surface area (TPSA) is 91.8 Å². The highest BCUT2D eigenvalue weighted by molar-refractivity contribution is 5.66. The van der Waals surface area contributed by atoms with E-state index in [1.165, 1.54) is 18.3 Å². The first-order chi connectivity index (χ1) is 13.7. The molecule has 1 unspecified atom stereocenters. The highest BCUT2D eigenvalue weighted by Crippen LogP contribution is 2.35. The van der Waals surface area contributed by atoms with Crippen LogP contribution in [0.1, 0.15) is 18.4 Å². The van der Waals surface area contributed by atoms with Gasteiger partial charge in [0.15, 0.2) is 0 Å². The Balaban J connectivity index is 1.70. The fourth-order valence-electron chi connectivity index (χ4n) is 3.23. The number of nitrogens with zero attached hydrogens (tertiary/aromatic N) is 2. The zero-order chi connectivity index (χ0) is 21.0. The van der Waals surface area contributed by atoms with E-state index in [-0.39, 0.29) is 24.3 Å². The Morgan fingerprint density at radius 2 is 1.90 bits per heavy atom. The van der Waals surface area contributed by atoms with E-state index in [0.717, 1.165) is 12.1 Å². The molecule has 9 heteroatoms. The van der Waals surface area contributed by atoms with Gasteiger partial charge in [-0.1, -0.05) is 0 Å². The van der Waals surface area contributed by atoms with Gasteiger partial charge >= 0.3 is 6.18 Å². The van der Waals surface area contributed by atoms with E-state index in [2.05, 4.69) is 4.98 Å². The Morgan fingerprint density at radius 1 is 1.17 bits per heavy atom. The summed E-state index contributed by atoms with van der Waals surface area (Å²) in [5.41, 5.74) is 5.46. The molecule has 0 bridgehead atoms. The van der Waals surface area contributed by atoms with Gasteiger partial charge in [-0.3, -0.25) is 0 Å². The second-order valence-electron chi connectivity index (χ2n) is 7.21. The fraction of sp³-hybridized carbons (Fsp3) is 0.450. The van der Waals surface area contributed by atoms with Crippen molar-refractivity contribution in [3.8, 4) is 16.9 Å². The van der Waals surface area contributed by atoms with Crippen molar-refractivity contribution in [2.24, 2.45) is 0 Å². The lowest BCUT2D eigenvalue weighted by Gasteiger charge is -2.30. The summed E-state index contributed by atoms with van der Waals surface area (Å²) in [5.74, 6) is 0.283. The van der Waals surface area contributed by atoms with Crippen molar-refractivity contribution in [1.29, 1.82) is 0 Å². The van der Waals surface area contributed by atoms with Crippen molar-refractivity contribution in [2.45, 2.75) is 31.2 Å². The van der Waals surface area contributed by atoms with E-state index in [1.54, 1.807) is 6.07 Å². The van der Waals surface area contributed by atoms with Gasteiger partial charge in [0.2, 0.25) is 0 Å². The molecule has 0 radical (unpaired) electrons. The minimum absolute atomic E-state index is 0.0137. The normalized spacial score (nSPS) is 17.3. The average molecular weight is 411 g/mol.